The molecule has 0 bridgehead atoms. The van der Waals surface area contributed by atoms with Gasteiger partial charge in [0, 0.05) is 18.0 Å². The summed E-state index contributed by atoms with van der Waals surface area (Å²) in [6.45, 7) is 0. The van der Waals surface area contributed by atoms with Gasteiger partial charge in [-0.3, -0.25) is 9.59 Å². The number of rotatable bonds is 1. The number of carbonyl (C=O) groups is 2. The Morgan fingerprint density at radius 2 is 2.31 bits per heavy atom. The lowest BCUT2D eigenvalue weighted by molar-refractivity contribution is -0.139. The maximum atomic E-state index is 11.4. The van der Waals surface area contributed by atoms with E-state index < -0.39 is 0 Å². The molecule has 0 N–H and O–H groups in total. The van der Waals surface area contributed by atoms with E-state index in [-0.39, 0.29) is 17.5 Å². The first-order valence-corrected chi connectivity index (χ1v) is 5.13. The summed E-state index contributed by atoms with van der Waals surface area (Å²) < 4.78 is 0. The number of hydrogen-bond donors (Lipinski definition) is 0. The van der Waals surface area contributed by atoms with Crippen molar-refractivity contribution in [1.29, 1.82) is 0 Å². The van der Waals surface area contributed by atoms with E-state index in [9.17, 15) is 9.59 Å². The number of thiazole rings is 1. The predicted octanol–water partition coefficient (Wildman–Crippen LogP) is 1.55. The topological polar surface area (TPSA) is 47.0 Å². The van der Waals surface area contributed by atoms with Gasteiger partial charge in [0.15, 0.2) is 5.78 Å². The molecule has 0 radical (unpaired) electrons. The van der Waals surface area contributed by atoms with Crippen LogP contribution in [0.15, 0.2) is 11.6 Å². The molecule has 3 nitrogen and oxygen atoms in total. The lowest BCUT2D eigenvalue weighted by atomic mass is 9.87. The van der Waals surface area contributed by atoms with E-state index in [0.29, 0.717) is 6.42 Å². The third-order valence-electron chi connectivity index (χ3n) is 2.24. The van der Waals surface area contributed by atoms with E-state index >= 15 is 0 Å². The van der Waals surface area contributed by atoms with Gasteiger partial charge in [-0.25, -0.2) is 4.98 Å². The zero-order valence-electron chi connectivity index (χ0n) is 7.03. The Balaban J connectivity index is 2.24. The summed E-state index contributed by atoms with van der Waals surface area (Å²) in [5.41, 5.74) is 0. The van der Waals surface area contributed by atoms with Gasteiger partial charge >= 0.3 is 0 Å². The zero-order valence-corrected chi connectivity index (χ0v) is 7.84. The van der Waals surface area contributed by atoms with Gasteiger partial charge < -0.3 is 0 Å². The minimum absolute atomic E-state index is 0.230. The van der Waals surface area contributed by atoms with Crippen LogP contribution in [0.4, 0.5) is 0 Å². The van der Waals surface area contributed by atoms with Crippen LogP contribution in [-0.2, 0) is 9.59 Å². The van der Waals surface area contributed by atoms with Gasteiger partial charge in [-0.05, 0) is 12.8 Å². The molecule has 4 heteroatoms. The molecule has 0 aromatic carbocycles. The second-order valence-electron chi connectivity index (χ2n) is 3.10. The Hall–Kier alpha value is -1.03. The van der Waals surface area contributed by atoms with Crippen LogP contribution < -0.4 is 0 Å². The summed E-state index contributed by atoms with van der Waals surface area (Å²) in [6.07, 6.45) is 3.68. The second kappa shape index (κ2) is 3.38. The molecule has 0 spiro atoms. The third kappa shape index (κ3) is 1.54. The molecule has 2 rings (SSSR count). The predicted molar refractivity (Wildman–Crippen MR) is 48.7 cm³/mol. The molecule has 1 aromatic rings. The van der Waals surface area contributed by atoms with Crippen LogP contribution in [-0.4, -0.2) is 16.6 Å². The fourth-order valence-corrected chi connectivity index (χ4v) is 2.33. The largest absolute Gasteiger partial charge is 0.291 e. The third-order valence-corrected chi connectivity index (χ3v) is 3.13. The van der Waals surface area contributed by atoms with Crippen molar-refractivity contribution in [2.45, 2.75) is 25.2 Å². The molecule has 1 aliphatic rings. The van der Waals surface area contributed by atoms with Crippen LogP contribution >= 0.6 is 11.3 Å². The molecule has 0 aliphatic heterocycles. The van der Waals surface area contributed by atoms with Crippen LogP contribution in [0.3, 0.4) is 0 Å². The van der Waals surface area contributed by atoms with E-state index in [1.807, 2.05) is 5.38 Å². The first-order valence-electron chi connectivity index (χ1n) is 4.25. The molecule has 1 fully saturated rings. The molecule has 0 amide bonds. The van der Waals surface area contributed by atoms with Crippen molar-refractivity contribution in [3.05, 3.63) is 16.6 Å². The van der Waals surface area contributed by atoms with Crippen molar-refractivity contribution in [2.75, 3.05) is 0 Å². The highest BCUT2D eigenvalue weighted by atomic mass is 32.1. The highest BCUT2D eigenvalue weighted by molar-refractivity contribution is 7.09. The highest BCUT2D eigenvalue weighted by Gasteiger charge is 2.31. The van der Waals surface area contributed by atoms with Crippen molar-refractivity contribution >= 4 is 22.9 Å². The Labute approximate surface area is 79.8 Å². The average Bonchev–Trinajstić information content (AvgIpc) is 2.62. The molecule has 1 atom stereocenters. The fraction of sp³-hybridized carbons (Fsp3) is 0.444. The Morgan fingerprint density at radius 3 is 3.00 bits per heavy atom. The first kappa shape index (κ1) is 8.56. The molecular formula is C9H9NO2S. The van der Waals surface area contributed by atoms with Crippen molar-refractivity contribution in [3.8, 4) is 0 Å². The van der Waals surface area contributed by atoms with Gasteiger partial charge in [0.2, 0.25) is 5.78 Å². The number of aromatic nitrogens is 1. The second-order valence-corrected chi connectivity index (χ2v) is 4.03. The minimum Gasteiger partial charge on any atom is -0.291 e. The summed E-state index contributed by atoms with van der Waals surface area (Å²) in [6, 6.07) is 0. The number of Topliss-reactive ketones (excluding diaryl/α,β-unsaturated/α-hetero) is 2. The summed E-state index contributed by atoms with van der Waals surface area (Å²) in [5.74, 6) is -0.728. The van der Waals surface area contributed by atoms with Crippen LogP contribution in [0.5, 0.6) is 0 Å². The number of nitrogens with zero attached hydrogens (tertiary/aromatic N) is 1. The van der Waals surface area contributed by atoms with Crippen molar-refractivity contribution in [2.24, 2.45) is 0 Å². The van der Waals surface area contributed by atoms with Crippen LogP contribution in [0.25, 0.3) is 0 Å². The quantitative estimate of drug-likeness (QED) is 0.639. The lowest BCUT2D eigenvalue weighted by Crippen LogP contribution is -2.26. The van der Waals surface area contributed by atoms with Gasteiger partial charge in [-0.2, -0.15) is 0 Å². The van der Waals surface area contributed by atoms with Crippen LogP contribution in [0, 0.1) is 0 Å². The summed E-state index contributed by atoms with van der Waals surface area (Å²) in [5, 5.41) is 2.62. The zero-order chi connectivity index (χ0) is 9.26. The van der Waals surface area contributed by atoms with E-state index in [0.717, 1.165) is 17.8 Å². The van der Waals surface area contributed by atoms with Crippen molar-refractivity contribution in [1.82, 2.24) is 4.98 Å². The van der Waals surface area contributed by atoms with Crippen molar-refractivity contribution < 1.29 is 9.59 Å². The Morgan fingerprint density at radius 1 is 1.46 bits per heavy atom. The molecule has 1 saturated carbocycles. The van der Waals surface area contributed by atoms with Crippen LogP contribution in [0.1, 0.15) is 30.2 Å². The molecule has 1 unspecified atom stereocenters. The van der Waals surface area contributed by atoms with E-state index in [4.69, 9.17) is 0 Å². The minimum atomic E-state index is -0.249. The normalized spacial score (nSPS) is 23.5. The number of ketones is 2. The Kier molecular flexibility index (Phi) is 2.22. The van der Waals surface area contributed by atoms with Gasteiger partial charge in [0.25, 0.3) is 0 Å². The maximum absolute atomic E-state index is 11.4. The Bertz CT molecular complexity index is 331. The maximum Gasteiger partial charge on any atom is 0.208 e. The lowest BCUT2D eigenvalue weighted by Gasteiger charge is -2.16. The molecule has 68 valence electrons. The molecule has 1 aromatic heterocycles. The molecule has 0 saturated heterocycles. The smallest absolute Gasteiger partial charge is 0.208 e. The molecule has 13 heavy (non-hydrogen) atoms. The van der Waals surface area contributed by atoms with Gasteiger partial charge in [0.05, 0.1) is 5.92 Å². The van der Waals surface area contributed by atoms with Gasteiger partial charge in [-0.15, -0.1) is 11.3 Å². The van der Waals surface area contributed by atoms with E-state index in [2.05, 4.69) is 4.98 Å². The number of hydrogen-bond acceptors (Lipinski definition) is 4. The molecule has 1 aliphatic carbocycles. The van der Waals surface area contributed by atoms with E-state index in [1.165, 1.54) is 11.3 Å². The fourth-order valence-electron chi connectivity index (χ4n) is 1.56. The summed E-state index contributed by atoms with van der Waals surface area (Å²) >= 11 is 1.45. The van der Waals surface area contributed by atoms with E-state index in [1.54, 1.807) is 6.20 Å². The molecular weight excluding hydrogens is 186 g/mol. The summed E-state index contributed by atoms with van der Waals surface area (Å²) in [4.78, 5) is 26.6. The number of carbonyl (C=O) groups excluding carboxylic acids is 2. The SMILES string of the molecule is O=C1CCCC(c2nccs2)C1=O. The summed E-state index contributed by atoms with van der Waals surface area (Å²) in [7, 11) is 0. The van der Waals surface area contributed by atoms with Gasteiger partial charge in [0.1, 0.15) is 5.01 Å². The van der Waals surface area contributed by atoms with Gasteiger partial charge in [-0.1, -0.05) is 0 Å². The average molecular weight is 195 g/mol. The standard InChI is InChI=1S/C9H9NO2S/c11-7-3-1-2-6(8(7)12)9-10-4-5-13-9/h4-6H,1-3H2. The van der Waals surface area contributed by atoms with Crippen LogP contribution in [0.2, 0.25) is 0 Å². The van der Waals surface area contributed by atoms with Crippen molar-refractivity contribution in [3.63, 3.8) is 0 Å². The first-order chi connectivity index (χ1) is 6.29. The highest BCUT2D eigenvalue weighted by Crippen LogP contribution is 2.29. The molecule has 1 heterocycles. The monoisotopic (exact) mass is 195 g/mol.